The SMILES string of the molecule is Cn1c(C=NC/C=C/c2ccccc2C(F)(F)F)cc2ccccc21. The van der Waals surface area contributed by atoms with Crippen molar-refractivity contribution in [2.24, 2.45) is 12.0 Å². The van der Waals surface area contributed by atoms with Gasteiger partial charge in [-0.25, -0.2) is 0 Å². The molecule has 2 aromatic carbocycles. The van der Waals surface area contributed by atoms with E-state index in [9.17, 15) is 13.2 Å². The van der Waals surface area contributed by atoms with Crippen molar-refractivity contribution in [3.8, 4) is 0 Å². The van der Waals surface area contributed by atoms with E-state index >= 15 is 0 Å². The highest BCUT2D eigenvalue weighted by atomic mass is 19.4. The van der Waals surface area contributed by atoms with Crippen molar-refractivity contribution in [3.05, 3.63) is 77.5 Å². The summed E-state index contributed by atoms with van der Waals surface area (Å²) >= 11 is 0. The monoisotopic (exact) mass is 342 g/mol. The summed E-state index contributed by atoms with van der Waals surface area (Å²) in [7, 11) is 1.96. The quantitative estimate of drug-likeness (QED) is 0.570. The van der Waals surface area contributed by atoms with Crippen LogP contribution in [0.5, 0.6) is 0 Å². The van der Waals surface area contributed by atoms with E-state index in [1.165, 1.54) is 18.2 Å². The minimum absolute atomic E-state index is 0.148. The fourth-order valence-electron chi connectivity index (χ4n) is 2.72. The predicted molar refractivity (Wildman–Crippen MR) is 95.9 cm³/mol. The highest BCUT2D eigenvalue weighted by Crippen LogP contribution is 2.32. The van der Waals surface area contributed by atoms with Gasteiger partial charge >= 0.3 is 6.18 Å². The molecule has 0 radical (unpaired) electrons. The molecule has 0 aliphatic heterocycles. The van der Waals surface area contributed by atoms with Crippen LogP contribution in [-0.2, 0) is 13.2 Å². The van der Waals surface area contributed by atoms with Gasteiger partial charge in [-0.15, -0.1) is 0 Å². The van der Waals surface area contributed by atoms with E-state index < -0.39 is 11.7 Å². The summed E-state index contributed by atoms with van der Waals surface area (Å²) in [5.41, 5.74) is 1.57. The van der Waals surface area contributed by atoms with E-state index in [1.54, 1.807) is 18.4 Å². The summed E-state index contributed by atoms with van der Waals surface area (Å²) < 4.78 is 40.8. The normalized spacial score (nSPS) is 12.6. The van der Waals surface area contributed by atoms with Gasteiger partial charge in [-0.3, -0.25) is 4.99 Å². The molecule has 2 nitrogen and oxygen atoms in total. The Labute approximate surface area is 143 Å². The lowest BCUT2D eigenvalue weighted by atomic mass is 10.1. The topological polar surface area (TPSA) is 17.3 Å². The van der Waals surface area contributed by atoms with Crippen LogP contribution in [0.1, 0.15) is 16.8 Å². The molecule has 0 unspecified atom stereocenters. The Morgan fingerprint density at radius 1 is 1.04 bits per heavy atom. The van der Waals surface area contributed by atoms with Gasteiger partial charge in [-0.05, 0) is 23.8 Å². The molecule has 3 rings (SSSR count). The van der Waals surface area contributed by atoms with Crippen molar-refractivity contribution in [2.75, 3.05) is 6.54 Å². The Hall–Kier alpha value is -2.82. The molecule has 0 bridgehead atoms. The molecule has 0 fully saturated rings. The van der Waals surface area contributed by atoms with Gasteiger partial charge in [0.1, 0.15) is 0 Å². The van der Waals surface area contributed by atoms with Crippen molar-refractivity contribution < 1.29 is 13.2 Å². The standard InChI is InChI=1S/C20H17F3N2/c1-25-17(13-16-8-3-5-11-19(16)25)14-24-12-6-9-15-7-2-4-10-18(15)20(21,22)23/h2-11,13-14H,12H2,1H3/b9-6+,24-14?. The number of benzene rings is 2. The first-order valence-electron chi connectivity index (χ1n) is 7.84. The molecule has 0 saturated heterocycles. The summed E-state index contributed by atoms with van der Waals surface area (Å²) in [6.07, 6.45) is 0.471. The first-order valence-corrected chi connectivity index (χ1v) is 7.84. The number of rotatable bonds is 4. The highest BCUT2D eigenvalue weighted by molar-refractivity contribution is 5.90. The third-order valence-electron chi connectivity index (χ3n) is 3.99. The zero-order valence-corrected chi connectivity index (χ0v) is 13.7. The van der Waals surface area contributed by atoms with Crippen LogP contribution < -0.4 is 0 Å². The lowest BCUT2D eigenvalue weighted by Gasteiger charge is -2.09. The van der Waals surface area contributed by atoms with Gasteiger partial charge in [0.2, 0.25) is 0 Å². The van der Waals surface area contributed by atoms with E-state index in [2.05, 4.69) is 4.99 Å². The van der Waals surface area contributed by atoms with Crippen LogP contribution in [-0.4, -0.2) is 17.3 Å². The van der Waals surface area contributed by atoms with Crippen LogP contribution in [0.3, 0.4) is 0 Å². The first kappa shape index (κ1) is 17.0. The van der Waals surface area contributed by atoms with Crippen molar-refractivity contribution >= 4 is 23.2 Å². The zero-order chi connectivity index (χ0) is 17.9. The van der Waals surface area contributed by atoms with Gasteiger partial charge < -0.3 is 4.57 Å². The molecular formula is C20H17F3N2. The second kappa shape index (κ2) is 6.97. The number of hydrogen-bond acceptors (Lipinski definition) is 1. The molecule has 0 N–H and O–H groups in total. The maximum Gasteiger partial charge on any atom is 0.416 e. The number of fused-ring (bicyclic) bond motifs is 1. The first-order chi connectivity index (χ1) is 12.0. The number of aromatic nitrogens is 1. The van der Waals surface area contributed by atoms with Crippen LogP contribution in [0.25, 0.3) is 17.0 Å². The second-order valence-corrected chi connectivity index (χ2v) is 5.67. The van der Waals surface area contributed by atoms with Gasteiger partial charge in [0.15, 0.2) is 0 Å². The molecule has 5 heteroatoms. The van der Waals surface area contributed by atoms with Crippen molar-refractivity contribution in [2.45, 2.75) is 6.18 Å². The number of aliphatic imine (C=N–C) groups is 1. The highest BCUT2D eigenvalue weighted by Gasteiger charge is 2.32. The second-order valence-electron chi connectivity index (χ2n) is 5.67. The molecule has 1 aromatic heterocycles. The summed E-state index contributed by atoms with van der Waals surface area (Å²) in [6.45, 7) is 0.313. The smallest absolute Gasteiger partial charge is 0.343 e. The van der Waals surface area contributed by atoms with E-state index in [0.717, 1.165) is 22.7 Å². The summed E-state index contributed by atoms with van der Waals surface area (Å²) in [6, 6.07) is 15.6. The third kappa shape index (κ3) is 3.82. The molecule has 0 aliphatic rings. The van der Waals surface area contributed by atoms with Gasteiger partial charge in [0.05, 0.1) is 17.8 Å². The van der Waals surface area contributed by atoms with E-state index in [4.69, 9.17) is 0 Å². The van der Waals surface area contributed by atoms with E-state index in [-0.39, 0.29) is 5.56 Å². The van der Waals surface area contributed by atoms with Gasteiger partial charge in [-0.2, -0.15) is 13.2 Å². The number of alkyl halides is 3. The van der Waals surface area contributed by atoms with Gasteiger partial charge in [0.25, 0.3) is 0 Å². The zero-order valence-electron chi connectivity index (χ0n) is 13.7. The number of halogens is 3. The summed E-state index contributed by atoms with van der Waals surface area (Å²) in [4.78, 5) is 4.29. The molecule has 0 spiro atoms. The molecule has 0 atom stereocenters. The number of para-hydroxylation sites is 1. The molecular weight excluding hydrogens is 325 g/mol. The lowest BCUT2D eigenvalue weighted by Crippen LogP contribution is -2.06. The molecule has 0 amide bonds. The maximum atomic E-state index is 12.9. The Morgan fingerprint density at radius 2 is 1.76 bits per heavy atom. The number of aryl methyl sites for hydroxylation is 1. The maximum absolute atomic E-state index is 12.9. The van der Waals surface area contributed by atoms with Crippen LogP contribution >= 0.6 is 0 Å². The molecule has 0 aliphatic carbocycles. The van der Waals surface area contributed by atoms with Crippen LogP contribution in [0.15, 0.2) is 65.7 Å². The average Bonchev–Trinajstić information content (AvgIpc) is 2.91. The number of nitrogens with zero attached hydrogens (tertiary/aromatic N) is 2. The molecule has 128 valence electrons. The predicted octanol–water partition coefficient (Wildman–Crippen LogP) is 5.33. The van der Waals surface area contributed by atoms with Crippen LogP contribution in [0.2, 0.25) is 0 Å². The van der Waals surface area contributed by atoms with Crippen molar-refractivity contribution in [1.29, 1.82) is 0 Å². The molecule has 3 aromatic rings. The van der Waals surface area contributed by atoms with Crippen molar-refractivity contribution in [1.82, 2.24) is 4.57 Å². The Morgan fingerprint density at radius 3 is 2.52 bits per heavy atom. The fraction of sp³-hybridized carbons (Fsp3) is 0.150. The molecule has 1 heterocycles. The largest absolute Gasteiger partial charge is 0.416 e. The van der Waals surface area contributed by atoms with Crippen LogP contribution in [0, 0.1) is 0 Å². The van der Waals surface area contributed by atoms with Crippen LogP contribution in [0.4, 0.5) is 13.2 Å². The Bertz CT molecular complexity index is 934. The van der Waals surface area contributed by atoms with Gasteiger partial charge in [-0.1, -0.05) is 48.6 Å². The van der Waals surface area contributed by atoms with E-state index in [0.29, 0.717) is 6.54 Å². The molecule has 0 saturated carbocycles. The Balaban J connectivity index is 1.71. The number of hydrogen-bond donors (Lipinski definition) is 0. The molecule has 25 heavy (non-hydrogen) atoms. The summed E-state index contributed by atoms with van der Waals surface area (Å²) in [5, 5.41) is 1.13. The lowest BCUT2D eigenvalue weighted by molar-refractivity contribution is -0.137. The van der Waals surface area contributed by atoms with Crippen molar-refractivity contribution in [3.63, 3.8) is 0 Å². The van der Waals surface area contributed by atoms with E-state index in [1.807, 2.05) is 41.9 Å². The fourth-order valence-corrected chi connectivity index (χ4v) is 2.72. The minimum atomic E-state index is -4.35. The van der Waals surface area contributed by atoms with Gasteiger partial charge in [0, 0.05) is 24.2 Å². The minimum Gasteiger partial charge on any atom is -0.343 e. The third-order valence-corrected chi connectivity index (χ3v) is 3.99. The Kier molecular flexibility index (Phi) is 4.74. The average molecular weight is 342 g/mol. The summed E-state index contributed by atoms with van der Waals surface area (Å²) in [5.74, 6) is 0.